The molecule has 0 bridgehead atoms. The van der Waals surface area contributed by atoms with Gasteiger partial charge in [-0.1, -0.05) is 18.2 Å². The fourth-order valence-electron chi connectivity index (χ4n) is 2.15. The Bertz CT molecular complexity index is 419. The van der Waals surface area contributed by atoms with Crippen LogP contribution in [-0.2, 0) is 6.42 Å². The third-order valence-corrected chi connectivity index (χ3v) is 3.18. The van der Waals surface area contributed by atoms with E-state index in [1.54, 1.807) is 7.11 Å². The van der Waals surface area contributed by atoms with Crippen molar-refractivity contribution in [2.45, 2.75) is 19.4 Å². The minimum Gasteiger partial charge on any atom is -0.495 e. The number of methoxy groups -OCH3 is 1. The van der Waals surface area contributed by atoms with Gasteiger partial charge in [0.2, 0.25) is 0 Å². The van der Waals surface area contributed by atoms with Crippen molar-refractivity contribution in [2.24, 2.45) is 0 Å². The average Bonchev–Trinajstić information content (AvgIpc) is 2.38. The highest BCUT2D eigenvalue weighted by Gasteiger charge is 2.12. The van der Waals surface area contributed by atoms with Crippen LogP contribution in [0.15, 0.2) is 43.5 Å². The summed E-state index contributed by atoms with van der Waals surface area (Å²) in [6.07, 6.45) is 4.78. The molecule has 0 aromatic heterocycles. The Labute approximate surface area is 116 Å². The lowest BCUT2D eigenvalue weighted by Gasteiger charge is -2.27. The molecule has 3 heteroatoms. The minimum absolute atomic E-state index is 0.406. The molecule has 1 aromatic carbocycles. The lowest BCUT2D eigenvalue weighted by molar-refractivity contribution is 0.255. The lowest BCUT2D eigenvalue weighted by atomic mass is 10.0. The normalized spacial score (nSPS) is 12.2. The Morgan fingerprint density at radius 3 is 2.42 bits per heavy atom. The van der Waals surface area contributed by atoms with E-state index in [-0.39, 0.29) is 0 Å². The van der Waals surface area contributed by atoms with Crippen LogP contribution < -0.4 is 10.5 Å². The number of nitrogens with zero attached hydrogens (tertiary/aromatic N) is 1. The Kier molecular flexibility index (Phi) is 6.16. The molecular weight excluding hydrogens is 236 g/mol. The van der Waals surface area contributed by atoms with Crippen molar-refractivity contribution in [1.82, 2.24) is 4.90 Å². The number of benzene rings is 1. The van der Waals surface area contributed by atoms with Gasteiger partial charge in [-0.3, -0.25) is 4.90 Å². The van der Waals surface area contributed by atoms with Gasteiger partial charge >= 0.3 is 0 Å². The third-order valence-electron chi connectivity index (χ3n) is 3.18. The van der Waals surface area contributed by atoms with E-state index in [0.29, 0.717) is 11.7 Å². The second-order valence-electron chi connectivity index (χ2n) is 4.66. The number of nitrogens with two attached hydrogens (primary N) is 1. The number of anilines is 1. The van der Waals surface area contributed by atoms with E-state index in [0.717, 1.165) is 25.3 Å². The second kappa shape index (κ2) is 7.64. The van der Waals surface area contributed by atoms with E-state index in [2.05, 4.69) is 31.0 Å². The molecule has 19 heavy (non-hydrogen) atoms. The van der Waals surface area contributed by atoms with Gasteiger partial charge in [-0.25, -0.2) is 0 Å². The molecule has 2 N–H and O–H groups in total. The van der Waals surface area contributed by atoms with E-state index in [4.69, 9.17) is 10.5 Å². The van der Waals surface area contributed by atoms with Gasteiger partial charge in [-0.2, -0.15) is 0 Å². The van der Waals surface area contributed by atoms with Gasteiger partial charge in [0.1, 0.15) is 5.75 Å². The Hall–Kier alpha value is -1.74. The molecule has 1 rings (SSSR count). The summed E-state index contributed by atoms with van der Waals surface area (Å²) in [5, 5.41) is 0. The SMILES string of the molecule is C=CCN(CC=C)C(C)Cc1ccc(OC)c(N)c1. The van der Waals surface area contributed by atoms with Crippen molar-refractivity contribution < 1.29 is 4.74 Å². The van der Waals surface area contributed by atoms with Crippen LogP contribution in [0.3, 0.4) is 0 Å². The molecule has 0 spiro atoms. The topological polar surface area (TPSA) is 38.5 Å². The molecule has 0 saturated carbocycles. The van der Waals surface area contributed by atoms with Gasteiger partial charge in [-0.05, 0) is 31.0 Å². The molecule has 1 atom stereocenters. The van der Waals surface area contributed by atoms with Crippen LogP contribution in [0, 0.1) is 0 Å². The maximum absolute atomic E-state index is 5.93. The predicted molar refractivity (Wildman–Crippen MR) is 82.5 cm³/mol. The molecule has 0 aliphatic rings. The number of rotatable bonds is 8. The second-order valence-corrected chi connectivity index (χ2v) is 4.66. The molecule has 1 aromatic rings. The summed E-state index contributed by atoms with van der Waals surface area (Å²) in [5.74, 6) is 0.727. The molecule has 0 saturated heterocycles. The van der Waals surface area contributed by atoms with Crippen molar-refractivity contribution in [3.05, 3.63) is 49.1 Å². The first-order valence-electron chi connectivity index (χ1n) is 6.50. The van der Waals surface area contributed by atoms with Gasteiger partial charge in [0, 0.05) is 19.1 Å². The highest BCUT2D eigenvalue weighted by Crippen LogP contribution is 2.23. The first-order chi connectivity index (χ1) is 9.12. The van der Waals surface area contributed by atoms with Gasteiger partial charge in [0.25, 0.3) is 0 Å². The number of nitrogen functional groups attached to an aromatic ring is 1. The van der Waals surface area contributed by atoms with Crippen molar-refractivity contribution in [1.29, 1.82) is 0 Å². The summed E-state index contributed by atoms with van der Waals surface area (Å²) < 4.78 is 5.17. The fraction of sp³-hybridized carbons (Fsp3) is 0.375. The maximum atomic E-state index is 5.93. The average molecular weight is 260 g/mol. The maximum Gasteiger partial charge on any atom is 0.141 e. The standard InChI is InChI=1S/C16H24N2O/c1-5-9-18(10-6-2)13(3)11-14-7-8-16(19-4)15(17)12-14/h5-8,12-13H,1-2,9-11,17H2,3-4H3. The lowest BCUT2D eigenvalue weighted by Crippen LogP contribution is -2.34. The number of hydrogen-bond donors (Lipinski definition) is 1. The summed E-state index contributed by atoms with van der Waals surface area (Å²) >= 11 is 0. The van der Waals surface area contributed by atoms with Crippen molar-refractivity contribution >= 4 is 5.69 Å². The molecule has 0 radical (unpaired) electrons. The number of ether oxygens (including phenoxy) is 1. The highest BCUT2D eigenvalue weighted by atomic mass is 16.5. The van der Waals surface area contributed by atoms with Crippen molar-refractivity contribution in [3.8, 4) is 5.75 Å². The van der Waals surface area contributed by atoms with Crippen LogP contribution in [0.2, 0.25) is 0 Å². The summed E-state index contributed by atoms with van der Waals surface area (Å²) in [6.45, 7) is 11.5. The summed E-state index contributed by atoms with van der Waals surface area (Å²) in [4.78, 5) is 2.32. The Balaban J connectivity index is 2.73. The molecule has 0 aliphatic carbocycles. The monoisotopic (exact) mass is 260 g/mol. The summed E-state index contributed by atoms with van der Waals surface area (Å²) in [6, 6.07) is 6.37. The van der Waals surface area contributed by atoms with E-state index in [1.165, 1.54) is 5.56 Å². The van der Waals surface area contributed by atoms with Crippen LogP contribution in [0.25, 0.3) is 0 Å². The zero-order valence-corrected chi connectivity index (χ0v) is 11.9. The van der Waals surface area contributed by atoms with Crippen LogP contribution in [0.1, 0.15) is 12.5 Å². The smallest absolute Gasteiger partial charge is 0.141 e. The molecule has 0 aliphatic heterocycles. The van der Waals surface area contributed by atoms with Crippen LogP contribution in [-0.4, -0.2) is 31.1 Å². The van der Waals surface area contributed by atoms with Gasteiger partial charge < -0.3 is 10.5 Å². The Morgan fingerprint density at radius 2 is 1.95 bits per heavy atom. The van der Waals surface area contributed by atoms with E-state index in [1.807, 2.05) is 24.3 Å². The minimum atomic E-state index is 0.406. The molecule has 3 nitrogen and oxygen atoms in total. The van der Waals surface area contributed by atoms with Gasteiger partial charge in [-0.15, -0.1) is 13.2 Å². The Morgan fingerprint density at radius 1 is 1.32 bits per heavy atom. The zero-order valence-electron chi connectivity index (χ0n) is 11.9. The quantitative estimate of drug-likeness (QED) is 0.577. The van der Waals surface area contributed by atoms with Gasteiger partial charge in [0.05, 0.1) is 12.8 Å². The van der Waals surface area contributed by atoms with Crippen molar-refractivity contribution in [3.63, 3.8) is 0 Å². The van der Waals surface area contributed by atoms with Crippen LogP contribution >= 0.6 is 0 Å². The van der Waals surface area contributed by atoms with E-state index < -0.39 is 0 Å². The number of hydrogen-bond acceptors (Lipinski definition) is 3. The van der Waals surface area contributed by atoms with Crippen LogP contribution in [0.5, 0.6) is 5.75 Å². The van der Waals surface area contributed by atoms with Crippen molar-refractivity contribution in [2.75, 3.05) is 25.9 Å². The first kappa shape index (κ1) is 15.3. The van der Waals surface area contributed by atoms with Gasteiger partial charge in [0.15, 0.2) is 0 Å². The largest absolute Gasteiger partial charge is 0.495 e. The molecule has 0 fully saturated rings. The van der Waals surface area contributed by atoms with Crippen LogP contribution in [0.4, 0.5) is 5.69 Å². The molecule has 1 unspecified atom stereocenters. The summed E-state index contributed by atoms with van der Waals surface area (Å²) in [5.41, 5.74) is 7.83. The summed E-state index contributed by atoms with van der Waals surface area (Å²) in [7, 11) is 1.63. The first-order valence-corrected chi connectivity index (χ1v) is 6.50. The third kappa shape index (κ3) is 4.45. The highest BCUT2D eigenvalue weighted by molar-refractivity contribution is 5.54. The van der Waals surface area contributed by atoms with E-state index in [9.17, 15) is 0 Å². The molecule has 0 heterocycles. The molecule has 104 valence electrons. The van der Waals surface area contributed by atoms with E-state index >= 15 is 0 Å². The zero-order chi connectivity index (χ0) is 14.3. The fourth-order valence-corrected chi connectivity index (χ4v) is 2.15. The predicted octanol–water partition coefficient (Wildman–Crippen LogP) is 2.88. The molecule has 0 amide bonds. The molecular formula is C16H24N2O.